The Morgan fingerprint density at radius 2 is 2.08 bits per heavy atom. The van der Waals surface area contributed by atoms with Gasteiger partial charge in [0.1, 0.15) is 0 Å². The van der Waals surface area contributed by atoms with Crippen LogP contribution in [0.2, 0.25) is 0 Å². The van der Waals surface area contributed by atoms with Gasteiger partial charge in [0.15, 0.2) is 0 Å². The molecule has 0 spiro atoms. The second kappa shape index (κ2) is 7.83. The Kier molecular flexibility index (Phi) is 5.76. The highest BCUT2D eigenvalue weighted by molar-refractivity contribution is 5.84. The molecule has 24 heavy (non-hydrogen) atoms. The topological polar surface area (TPSA) is 76.7 Å². The van der Waals surface area contributed by atoms with Crippen molar-refractivity contribution in [1.29, 1.82) is 0 Å². The fourth-order valence-electron chi connectivity index (χ4n) is 4.78. The molecule has 1 aliphatic carbocycles. The van der Waals surface area contributed by atoms with Crippen molar-refractivity contribution < 1.29 is 19.1 Å². The maximum absolute atomic E-state index is 13.0. The van der Waals surface area contributed by atoms with Crippen LogP contribution in [0.3, 0.4) is 0 Å². The van der Waals surface area contributed by atoms with Crippen LogP contribution in [-0.2, 0) is 19.1 Å². The Bertz CT molecular complexity index is 464. The zero-order chi connectivity index (χ0) is 17.0. The molecule has 1 amide bonds. The quantitative estimate of drug-likeness (QED) is 0.734. The molecule has 1 saturated carbocycles. The Balaban J connectivity index is 1.63. The number of rotatable bonds is 5. The van der Waals surface area contributed by atoms with Crippen LogP contribution in [0.15, 0.2) is 0 Å². The Morgan fingerprint density at radius 3 is 2.83 bits per heavy atom. The van der Waals surface area contributed by atoms with Gasteiger partial charge in [-0.05, 0) is 44.1 Å². The highest BCUT2D eigenvalue weighted by Crippen LogP contribution is 2.44. The van der Waals surface area contributed by atoms with Gasteiger partial charge in [-0.1, -0.05) is 12.8 Å². The highest BCUT2D eigenvalue weighted by atomic mass is 16.5. The predicted octanol–water partition coefficient (Wildman–Crippen LogP) is 1.10. The molecule has 0 radical (unpaired) electrons. The molecule has 3 aliphatic rings. The van der Waals surface area contributed by atoms with Gasteiger partial charge in [-0.3, -0.25) is 9.59 Å². The first-order valence-corrected chi connectivity index (χ1v) is 9.32. The van der Waals surface area contributed by atoms with Gasteiger partial charge in [-0.25, -0.2) is 0 Å². The van der Waals surface area contributed by atoms with Crippen LogP contribution in [0.1, 0.15) is 38.5 Å². The van der Waals surface area contributed by atoms with E-state index in [9.17, 15) is 9.59 Å². The maximum Gasteiger partial charge on any atom is 0.310 e. The lowest BCUT2D eigenvalue weighted by Gasteiger charge is -2.38. The molecule has 0 aromatic heterocycles. The number of carbonyl (C=O) groups excluding carboxylic acids is 2. The lowest BCUT2D eigenvalue weighted by atomic mass is 9.67. The molecule has 1 unspecified atom stereocenters. The van der Waals surface area contributed by atoms with Gasteiger partial charge in [0.05, 0.1) is 18.4 Å². The van der Waals surface area contributed by atoms with E-state index in [0.29, 0.717) is 25.7 Å². The number of esters is 1. The fraction of sp³-hybridized carbons (Fsp3) is 0.889. The molecule has 0 aromatic carbocycles. The number of carbonyl (C=O) groups is 2. The van der Waals surface area contributed by atoms with Crippen LogP contribution < -0.4 is 10.6 Å². The van der Waals surface area contributed by atoms with Crippen LogP contribution in [-0.4, -0.2) is 51.8 Å². The largest absolute Gasteiger partial charge is 0.469 e. The van der Waals surface area contributed by atoms with Crippen molar-refractivity contribution in [3.8, 4) is 0 Å². The first-order chi connectivity index (χ1) is 11.7. The monoisotopic (exact) mass is 338 g/mol. The molecular formula is C18H30N2O4. The first-order valence-electron chi connectivity index (χ1n) is 9.32. The summed E-state index contributed by atoms with van der Waals surface area (Å²) < 4.78 is 10.4. The van der Waals surface area contributed by atoms with E-state index in [4.69, 9.17) is 9.47 Å². The minimum Gasteiger partial charge on any atom is -0.469 e. The van der Waals surface area contributed by atoms with E-state index in [-0.39, 0.29) is 29.1 Å². The summed E-state index contributed by atoms with van der Waals surface area (Å²) in [7, 11) is 1.42. The van der Waals surface area contributed by atoms with Crippen molar-refractivity contribution >= 4 is 11.9 Å². The number of hydrogen-bond donors (Lipinski definition) is 2. The molecule has 0 bridgehead atoms. The lowest BCUT2D eigenvalue weighted by molar-refractivity contribution is -0.149. The van der Waals surface area contributed by atoms with Crippen molar-refractivity contribution in [3.05, 3.63) is 0 Å². The molecule has 3 fully saturated rings. The SMILES string of the molecule is COC(=O)C(CNC(=O)[C@@]12CCCC[C@H]1CNC2)C1CCOCC1. The molecule has 2 saturated heterocycles. The Labute approximate surface area is 144 Å². The summed E-state index contributed by atoms with van der Waals surface area (Å²) in [5, 5.41) is 6.51. The van der Waals surface area contributed by atoms with E-state index >= 15 is 0 Å². The zero-order valence-electron chi connectivity index (χ0n) is 14.6. The van der Waals surface area contributed by atoms with Crippen LogP contribution >= 0.6 is 0 Å². The molecular weight excluding hydrogens is 308 g/mol. The summed E-state index contributed by atoms with van der Waals surface area (Å²) in [6, 6.07) is 0. The number of ether oxygens (including phenoxy) is 2. The lowest BCUT2D eigenvalue weighted by Crippen LogP contribution is -2.50. The van der Waals surface area contributed by atoms with E-state index in [1.807, 2.05) is 0 Å². The summed E-state index contributed by atoms with van der Waals surface area (Å²) >= 11 is 0. The van der Waals surface area contributed by atoms with Crippen molar-refractivity contribution in [2.24, 2.45) is 23.2 Å². The van der Waals surface area contributed by atoms with Gasteiger partial charge in [0.2, 0.25) is 5.91 Å². The standard InChI is InChI=1S/C18H30N2O4/c1-23-16(21)15(13-5-8-24-9-6-13)11-20-17(22)18-7-3-2-4-14(18)10-19-12-18/h13-15,19H,2-12H2,1H3,(H,20,22)/t14-,15?,18+/m0/s1. The molecule has 2 aliphatic heterocycles. The van der Waals surface area contributed by atoms with Crippen LogP contribution in [0.4, 0.5) is 0 Å². The fourth-order valence-corrected chi connectivity index (χ4v) is 4.78. The Morgan fingerprint density at radius 1 is 1.29 bits per heavy atom. The van der Waals surface area contributed by atoms with Crippen LogP contribution in [0, 0.1) is 23.2 Å². The van der Waals surface area contributed by atoms with Gasteiger partial charge >= 0.3 is 5.97 Å². The van der Waals surface area contributed by atoms with Crippen LogP contribution in [0.5, 0.6) is 0 Å². The van der Waals surface area contributed by atoms with E-state index < -0.39 is 0 Å². The maximum atomic E-state index is 13.0. The first kappa shape index (κ1) is 17.7. The number of amides is 1. The summed E-state index contributed by atoms with van der Waals surface area (Å²) in [5.74, 6) is 0.303. The van der Waals surface area contributed by atoms with Gasteiger partial charge in [0.25, 0.3) is 0 Å². The highest BCUT2D eigenvalue weighted by Gasteiger charge is 2.50. The molecule has 136 valence electrons. The van der Waals surface area contributed by atoms with E-state index in [1.54, 1.807) is 0 Å². The Hall–Kier alpha value is -1.14. The smallest absolute Gasteiger partial charge is 0.310 e. The van der Waals surface area contributed by atoms with Crippen molar-refractivity contribution in [2.45, 2.75) is 38.5 Å². The zero-order valence-corrected chi connectivity index (χ0v) is 14.6. The second-order valence-corrected chi connectivity index (χ2v) is 7.52. The average Bonchev–Trinajstić information content (AvgIpc) is 3.07. The normalized spacial score (nSPS) is 32.0. The third kappa shape index (κ3) is 3.45. The number of hydrogen-bond acceptors (Lipinski definition) is 5. The molecule has 0 aromatic rings. The van der Waals surface area contributed by atoms with Gasteiger partial charge in [-0.15, -0.1) is 0 Å². The summed E-state index contributed by atoms with van der Waals surface area (Å²) in [6.45, 7) is 3.45. The van der Waals surface area contributed by atoms with E-state index in [0.717, 1.165) is 45.2 Å². The molecule has 6 nitrogen and oxygen atoms in total. The molecule has 3 rings (SSSR count). The number of methoxy groups -OCH3 is 1. The molecule has 6 heteroatoms. The average molecular weight is 338 g/mol. The van der Waals surface area contributed by atoms with Crippen LogP contribution in [0.25, 0.3) is 0 Å². The molecule has 2 heterocycles. The molecule has 3 atom stereocenters. The minimum absolute atomic E-state index is 0.123. The van der Waals surface area contributed by atoms with E-state index in [2.05, 4.69) is 10.6 Å². The van der Waals surface area contributed by atoms with Crippen molar-refractivity contribution in [3.63, 3.8) is 0 Å². The van der Waals surface area contributed by atoms with Crippen molar-refractivity contribution in [1.82, 2.24) is 10.6 Å². The van der Waals surface area contributed by atoms with Gasteiger partial charge in [0, 0.05) is 26.3 Å². The molecule has 2 N–H and O–H groups in total. The summed E-state index contributed by atoms with van der Waals surface area (Å²) in [5.41, 5.74) is -0.269. The summed E-state index contributed by atoms with van der Waals surface area (Å²) in [4.78, 5) is 25.2. The van der Waals surface area contributed by atoms with E-state index in [1.165, 1.54) is 13.5 Å². The predicted molar refractivity (Wildman–Crippen MR) is 89.3 cm³/mol. The van der Waals surface area contributed by atoms with Gasteiger partial charge < -0.3 is 20.1 Å². The minimum atomic E-state index is -0.269. The number of fused-ring (bicyclic) bond motifs is 1. The number of nitrogens with one attached hydrogen (secondary N) is 2. The summed E-state index contributed by atoms with van der Waals surface area (Å²) in [6.07, 6.45) is 6.12. The van der Waals surface area contributed by atoms with Crippen molar-refractivity contribution in [2.75, 3.05) is 40.0 Å². The third-order valence-electron chi connectivity index (χ3n) is 6.31. The third-order valence-corrected chi connectivity index (χ3v) is 6.31. The van der Waals surface area contributed by atoms with Gasteiger partial charge in [-0.2, -0.15) is 0 Å². The second-order valence-electron chi connectivity index (χ2n) is 7.52.